The third kappa shape index (κ3) is 4.68. The van der Waals surface area contributed by atoms with Crippen molar-refractivity contribution in [3.8, 4) is 0 Å². The van der Waals surface area contributed by atoms with E-state index in [0.717, 1.165) is 0 Å². The Hall–Kier alpha value is -2.64. The number of halogens is 1. The molecule has 0 saturated carbocycles. The zero-order valence-electron chi connectivity index (χ0n) is 14.3. The van der Waals surface area contributed by atoms with Crippen LogP contribution in [0.3, 0.4) is 0 Å². The number of likely N-dealkylation sites (tertiary alicyclic amines) is 1. The number of piperidine rings is 1. The number of rotatable bonds is 2. The summed E-state index contributed by atoms with van der Waals surface area (Å²) in [7, 11) is 0. The van der Waals surface area contributed by atoms with Crippen molar-refractivity contribution in [1.82, 2.24) is 10.2 Å². The maximum atomic E-state index is 13.2. The highest BCUT2D eigenvalue weighted by atomic mass is 19.1. The van der Waals surface area contributed by atoms with Crippen LogP contribution in [0.5, 0.6) is 0 Å². The third-order valence-electron chi connectivity index (χ3n) is 3.72. The number of ether oxygens (including phenoxy) is 1. The van der Waals surface area contributed by atoms with Crippen molar-refractivity contribution in [1.29, 1.82) is 0 Å². The average Bonchev–Trinajstić information content (AvgIpc) is 2.47. The lowest BCUT2D eigenvalue weighted by Gasteiger charge is -2.39. The highest BCUT2D eigenvalue weighted by molar-refractivity contribution is 5.92. The second-order valence-corrected chi connectivity index (χ2v) is 6.83. The summed E-state index contributed by atoms with van der Waals surface area (Å²) in [5.41, 5.74) is -0.301. The topological polar surface area (TPSA) is 95.9 Å². The molecule has 3 amide bonds. The van der Waals surface area contributed by atoms with Crippen LogP contribution in [0.4, 0.5) is 14.0 Å². The summed E-state index contributed by atoms with van der Waals surface area (Å²) >= 11 is 0. The molecule has 0 spiro atoms. The summed E-state index contributed by atoms with van der Waals surface area (Å²) < 4.78 is 18.4. The van der Waals surface area contributed by atoms with Gasteiger partial charge in [0.25, 0.3) is 0 Å². The lowest BCUT2D eigenvalue weighted by Crippen LogP contribution is -2.54. The summed E-state index contributed by atoms with van der Waals surface area (Å²) in [4.78, 5) is 36.4. The number of benzene rings is 1. The van der Waals surface area contributed by atoms with E-state index in [0.29, 0.717) is 10.5 Å². The molecule has 8 heteroatoms. The number of alkyl carbamates (subject to hydrolysis) is 1. The highest BCUT2D eigenvalue weighted by Gasteiger charge is 2.41. The summed E-state index contributed by atoms with van der Waals surface area (Å²) in [6.45, 7) is 5.12. The number of carboxylic acid groups (broad SMARTS) is 1. The molecule has 1 fully saturated rings. The van der Waals surface area contributed by atoms with Crippen LogP contribution >= 0.6 is 0 Å². The van der Waals surface area contributed by atoms with E-state index in [1.54, 1.807) is 20.8 Å². The molecule has 7 nitrogen and oxygen atoms in total. The molecule has 25 heavy (non-hydrogen) atoms. The maximum absolute atomic E-state index is 13.2. The zero-order chi connectivity index (χ0) is 18.8. The molecule has 2 unspecified atom stereocenters. The second kappa shape index (κ2) is 7.08. The molecule has 1 aromatic rings. The van der Waals surface area contributed by atoms with Crippen molar-refractivity contribution in [2.45, 2.75) is 51.3 Å². The molecule has 1 heterocycles. The number of nitrogens with one attached hydrogen (secondary N) is 1. The predicted molar refractivity (Wildman–Crippen MR) is 86.4 cm³/mol. The largest absolute Gasteiger partial charge is 0.465 e. The first-order valence-corrected chi connectivity index (χ1v) is 7.88. The SMILES string of the molecule is CC(C)(C)OC(=O)NC1CCC(=O)N(C(=O)O)C1c1ccc(F)cc1. The fourth-order valence-electron chi connectivity index (χ4n) is 2.77. The van der Waals surface area contributed by atoms with Crippen LogP contribution in [0.1, 0.15) is 45.2 Å². The Kier molecular flexibility index (Phi) is 5.30. The standard InChI is InChI=1S/C17H21FN2O5/c1-17(2,3)25-15(22)19-12-8-9-13(21)20(16(23)24)14(12)10-4-6-11(18)7-5-10/h4-7,12,14H,8-9H2,1-3H3,(H,19,22)(H,23,24). The number of carbonyl (C=O) groups is 3. The average molecular weight is 352 g/mol. The number of hydrogen-bond acceptors (Lipinski definition) is 4. The zero-order valence-corrected chi connectivity index (χ0v) is 14.3. The van der Waals surface area contributed by atoms with E-state index in [2.05, 4.69) is 5.32 Å². The molecule has 1 aliphatic heterocycles. The van der Waals surface area contributed by atoms with Crippen molar-refractivity contribution < 1.29 is 28.6 Å². The second-order valence-electron chi connectivity index (χ2n) is 6.83. The van der Waals surface area contributed by atoms with E-state index in [1.807, 2.05) is 0 Å². The smallest absolute Gasteiger partial charge is 0.414 e. The van der Waals surface area contributed by atoms with E-state index in [9.17, 15) is 23.9 Å². The van der Waals surface area contributed by atoms with Crippen LogP contribution in [-0.4, -0.2) is 39.7 Å². The van der Waals surface area contributed by atoms with E-state index >= 15 is 0 Å². The van der Waals surface area contributed by atoms with Crippen LogP contribution in [0.2, 0.25) is 0 Å². The van der Waals surface area contributed by atoms with Crippen molar-refractivity contribution >= 4 is 18.1 Å². The van der Waals surface area contributed by atoms with Gasteiger partial charge >= 0.3 is 12.2 Å². The molecule has 0 aromatic heterocycles. The van der Waals surface area contributed by atoms with Gasteiger partial charge in [0.15, 0.2) is 0 Å². The Morgan fingerprint density at radius 1 is 1.28 bits per heavy atom. The molecule has 0 radical (unpaired) electrons. The lowest BCUT2D eigenvalue weighted by molar-refractivity contribution is -0.134. The molecular weight excluding hydrogens is 331 g/mol. The van der Waals surface area contributed by atoms with Gasteiger partial charge in [-0.2, -0.15) is 0 Å². The van der Waals surface area contributed by atoms with Gasteiger partial charge in [-0.3, -0.25) is 4.79 Å². The van der Waals surface area contributed by atoms with E-state index < -0.39 is 41.6 Å². The van der Waals surface area contributed by atoms with Crippen molar-refractivity contribution in [3.63, 3.8) is 0 Å². The van der Waals surface area contributed by atoms with Gasteiger partial charge in [-0.15, -0.1) is 0 Å². The van der Waals surface area contributed by atoms with Gasteiger partial charge in [0.2, 0.25) is 5.91 Å². The molecule has 1 aromatic carbocycles. The van der Waals surface area contributed by atoms with E-state index in [-0.39, 0.29) is 12.8 Å². The molecule has 2 N–H and O–H groups in total. The summed E-state index contributed by atoms with van der Waals surface area (Å²) in [5, 5.41) is 12.1. The van der Waals surface area contributed by atoms with Gasteiger partial charge < -0.3 is 15.2 Å². The van der Waals surface area contributed by atoms with Crippen LogP contribution in [0, 0.1) is 5.82 Å². The Bertz CT molecular complexity index is 669. The number of hydrogen-bond donors (Lipinski definition) is 2. The van der Waals surface area contributed by atoms with Gasteiger partial charge in [0.05, 0.1) is 12.1 Å². The van der Waals surface area contributed by atoms with E-state index in [1.165, 1.54) is 24.3 Å². The fourth-order valence-corrected chi connectivity index (χ4v) is 2.77. The number of nitrogens with zero attached hydrogens (tertiary/aromatic N) is 1. The molecule has 0 aliphatic carbocycles. The summed E-state index contributed by atoms with van der Waals surface area (Å²) in [6, 6.07) is 3.54. The van der Waals surface area contributed by atoms with Crippen molar-refractivity contribution in [2.75, 3.05) is 0 Å². The van der Waals surface area contributed by atoms with Crippen LogP contribution in [0.15, 0.2) is 24.3 Å². The lowest BCUT2D eigenvalue weighted by atomic mass is 9.90. The molecule has 2 rings (SSSR count). The number of carbonyl (C=O) groups excluding carboxylic acids is 2. The quantitative estimate of drug-likeness (QED) is 0.853. The van der Waals surface area contributed by atoms with Crippen LogP contribution < -0.4 is 5.32 Å². The first kappa shape index (κ1) is 18.7. The number of amides is 3. The van der Waals surface area contributed by atoms with Gasteiger partial charge in [-0.1, -0.05) is 12.1 Å². The Morgan fingerprint density at radius 2 is 1.88 bits per heavy atom. The van der Waals surface area contributed by atoms with Gasteiger partial charge in [0, 0.05) is 6.42 Å². The van der Waals surface area contributed by atoms with Gasteiger partial charge in [-0.25, -0.2) is 18.9 Å². The van der Waals surface area contributed by atoms with Crippen LogP contribution in [0.25, 0.3) is 0 Å². The highest BCUT2D eigenvalue weighted by Crippen LogP contribution is 2.32. The molecular formula is C17H21FN2O5. The molecule has 1 aliphatic rings. The summed E-state index contributed by atoms with van der Waals surface area (Å²) in [5.74, 6) is -1.05. The molecule has 2 atom stereocenters. The Balaban J connectivity index is 2.32. The number of imide groups is 1. The Morgan fingerprint density at radius 3 is 2.40 bits per heavy atom. The molecule has 0 bridgehead atoms. The van der Waals surface area contributed by atoms with Crippen molar-refractivity contribution in [3.05, 3.63) is 35.6 Å². The first-order chi connectivity index (χ1) is 11.6. The molecule has 1 saturated heterocycles. The van der Waals surface area contributed by atoms with Gasteiger partial charge in [0.1, 0.15) is 11.4 Å². The minimum Gasteiger partial charge on any atom is -0.465 e. The maximum Gasteiger partial charge on any atom is 0.414 e. The predicted octanol–water partition coefficient (Wildman–Crippen LogP) is 3.06. The fraction of sp³-hybridized carbons (Fsp3) is 0.471. The van der Waals surface area contributed by atoms with Gasteiger partial charge in [-0.05, 0) is 44.9 Å². The minimum absolute atomic E-state index is 0.0234. The van der Waals surface area contributed by atoms with Crippen molar-refractivity contribution in [2.24, 2.45) is 0 Å². The first-order valence-electron chi connectivity index (χ1n) is 7.88. The van der Waals surface area contributed by atoms with Crippen LogP contribution in [-0.2, 0) is 9.53 Å². The molecule has 136 valence electrons. The monoisotopic (exact) mass is 352 g/mol. The summed E-state index contributed by atoms with van der Waals surface area (Å²) in [6.07, 6.45) is -1.90. The third-order valence-corrected chi connectivity index (χ3v) is 3.72. The minimum atomic E-state index is -1.42. The van der Waals surface area contributed by atoms with E-state index in [4.69, 9.17) is 4.74 Å². The normalized spacial score (nSPS) is 21.0. The Labute approximate surface area is 144 Å².